The third kappa shape index (κ3) is 3.60. The minimum atomic E-state index is -0.368. The van der Waals surface area contributed by atoms with E-state index < -0.39 is 0 Å². The van der Waals surface area contributed by atoms with Crippen molar-refractivity contribution in [2.24, 2.45) is 5.92 Å². The highest BCUT2D eigenvalue weighted by Gasteiger charge is 2.17. The standard InChI is InChI=1S/C12H17N5OS/c1-8(2)7-10-15-16-12(19-10)14-11(18)9(3)17-6-4-5-13-17/h4-6,8-9H,7H2,1-3H3,(H,14,16,18). The van der Waals surface area contributed by atoms with Crippen molar-refractivity contribution in [1.29, 1.82) is 0 Å². The molecular formula is C12H17N5OS. The van der Waals surface area contributed by atoms with Crippen LogP contribution in [0.3, 0.4) is 0 Å². The second kappa shape index (κ2) is 5.92. The molecule has 1 atom stereocenters. The smallest absolute Gasteiger partial charge is 0.250 e. The molecule has 2 aromatic heterocycles. The van der Waals surface area contributed by atoms with E-state index in [1.165, 1.54) is 11.3 Å². The molecule has 0 spiro atoms. The van der Waals surface area contributed by atoms with Gasteiger partial charge in [-0.05, 0) is 18.9 Å². The topological polar surface area (TPSA) is 72.7 Å². The first-order chi connectivity index (χ1) is 9.06. The monoisotopic (exact) mass is 279 g/mol. The lowest BCUT2D eigenvalue weighted by Gasteiger charge is -2.10. The van der Waals surface area contributed by atoms with Crippen molar-refractivity contribution < 1.29 is 4.79 Å². The first-order valence-corrected chi connectivity index (χ1v) is 7.00. The third-order valence-corrected chi connectivity index (χ3v) is 3.44. The maximum Gasteiger partial charge on any atom is 0.250 e. The lowest BCUT2D eigenvalue weighted by atomic mass is 10.1. The molecule has 0 aromatic carbocycles. The molecule has 7 heteroatoms. The van der Waals surface area contributed by atoms with Crippen LogP contribution in [0.4, 0.5) is 5.13 Å². The van der Waals surface area contributed by atoms with Crippen LogP contribution in [0.15, 0.2) is 18.5 Å². The molecule has 1 amide bonds. The van der Waals surface area contributed by atoms with E-state index in [0.29, 0.717) is 11.0 Å². The summed E-state index contributed by atoms with van der Waals surface area (Å²) >= 11 is 1.42. The van der Waals surface area contributed by atoms with E-state index >= 15 is 0 Å². The second-order valence-electron chi connectivity index (χ2n) is 4.75. The Balaban J connectivity index is 1.97. The van der Waals surface area contributed by atoms with Crippen LogP contribution >= 0.6 is 11.3 Å². The molecule has 2 aromatic rings. The van der Waals surface area contributed by atoms with Crippen molar-refractivity contribution >= 4 is 22.4 Å². The van der Waals surface area contributed by atoms with Crippen molar-refractivity contribution in [1.82, 2.24) is 20.0 Å². The number of carbonyl (C=O) groups excluding carboxylic acids is 1. The Bertz CT molecular complexity index is 534. The largest absolute Gasteiger partial charge is 0.299 e. The maximum atomic E-state index is 12.0. The molecule has 0 saturated heterocycles. The van der Waals surface area contributed by atoms with Gasteiger partial charge in [0.2, 0.25) is 5.13 Å². The van der Waals surface area contributed by atoms with Gasteiger partial charge in [-0.15, -0.1) is 10.2 Å². The normalized spacial score (nSPS) is 12.6. The minimum absolute atomic E-state index is 0.143. The van der Waals surface area contributed by atoms with Crippen LogP contribution in [0.25, 0.3) is 0 Å². The number of nitrogens with one attached hydrogen (secondary N) is 1. The molecule has 19 heavy (non-hydrogen) atoms. The second-order valence-corrected chi connectivity index (χ2v) is 5.81. The van der Waals surface area contributed by atoms with E-state index in [9.17, 15) is 4.79 Å². The van der Waals surface area contributed by atoms with Crippen LogP contribution in [-0.2, 0) is 11.2 Å². The van der Waals surface area contributed by atoms with Gasteiger partial charge in [-0.25, -0.2) is 0 Å². The summed E-state index contributed by atoms with van der Waals surface area (Å²) in [5, 5.41) is 16.3. The Morgan fingerprint density at radius 3 is 2.84 bits per heavy atom. The maximum absolute atomic E-state index is 12.0. The number of amides is 1. The molecule has 0 bridgehead atoms. The first-order valence-electron chi connectivity index (χ1n) is 6.18. The van der Waals surface area contributed by atoms with E-state index in [0.717, 1.165) is 11.4 Å². The molecule has 0 aliphatic rings. The summed E-state index contributed by atoms with van der Waals surface area (Å²) in [7, 11) is 0. The van der Waals surface area contributed by atoms with Crippen molar-refractivity contribution in [3.63, 3.8) is 0 Å². The predicted molar refractivity (Wildman–Crippen MR) is 74.0 cm³/mol. The van der Waals surface area contributed by atoms with Crippen LogP contribution in [0.2, 0.25) is 0 Å². The van der Waals surface area contributed by atoms with Crippen molar-refractivity contribution in [2.45, 2.75) is 33.2 Å². The van der Waals surface area contributed by atoms with Gasteiger partial charge in [-0.3, -0.25) is 14.8 Å². The molecule has 6 nitrogen and oxygen atoms in total. The Labute approximate surface area is 115 Å². The molecular weight excluding hydrogens is 262 g/mol. The van der Waals surface area contributed by atoms with E-state index in [-0.39, 0.29) is 11.9 Å². The predicted octanol–water partition coefficient (Wildman–Crippen LogP) is 2.13. The van der Waals surface area contributed by atoms with E-state index in [1.54, 1.807) is 30.1 Å². The van der Waals surface area contributed by atoms with Gasteiger partial charge in [0.05, 0.1) is 0 Å². The zero-order chi connectivity index (χ0) is 13.8. The summed E-state index contributed by atoms with van der Waals surface area (Å²) in [6.07, 6.45) is 4.28. The number of anilines is 1. The van der Waals surface area contributed by atoms with E-state index in [4.69, 9.17) is 0 Å². The Hall–Kier alpha value is -1.76. The summed E-state index contributed by atoms with van der Waals surface area (Å²) in [5.74, 6) is 0.385. The number of hydrogen-bond donors (Lipinski definition) is 1. The van der Waals surface area contributed by atoms with Gasteiger partial charge in [0, 0.05) is 18.8 Å². The third-order valence-electron chi connectivity index (χ3n) is 2.58. The molecule has 1 N–H and O–H groups in total. The molecule has 0 aliphatic carbocycles. The number of aromatic nitrogens is 4. The molecule has 1 unspecified atom stereocenters. The van der Waals surface area contributed by atoms with Gasteiger partial charge in [0.25, 0.3) is 5.91 Å². The van der Waals surface area contributed by atoms with Gasteiger partial charge < -0.3 is 0 Å². The van der Waals surface area contributed by atoms with Gasteiger partial charge >= 0.3 is 0 Å². The molecule has 2 heterocycles. The number of hydrogen-bond acceptors (Lipinski definition) is 5. The van der Waals surface area contributed by atoms with Gasteiger partial charge in [-0.1, -0.05) is 25.2 Å². The fraction of sp³-hybridized carbons (Fsp3) is 0.500. The summed E-state index contributed by atoms with van der Waals surface area (Å²) in [6.45, 7) is 6.04. The Kier molecular flexibility index (Phi) is 4.26. The summed E-state index contributed by atoms with van der Waals surface area (Å²) < 4.78 is 1.60. The van der Waals surface area contributed by atoms with Crippen molar-refractivity contribution in [3.05, 3.63) is 23.5 Å². The first kappa shape index (κ1) is 13.7. The minimum Gasteiger partial charge on any atom is -0.299 e. The fourth-order valence-corrected chi connectivity index (χ4v) is 2.53. The van der Waals surface area contributed by atoms with Gasteiger partial charge in [0.1, 0.15) is 11.0 Å². The van der Waals surface area contributed by atoms with E-state index in [2.05, 4.69) is 34.5 Å². The summed E-state index contributed by atoms with van der Waals surface area (Å²) in [5.41, 5.74) is 0. The zero-order valence-corrected chi connectivity index (χ0v) is 12.0. The van der Waals surface area contributed by atoms with Gasteiger partial charge in [-0.2, -0.15) is 5.10 Å². The van der Waals surface area contributed by atoms with Crippen LogP contribution < -0.4 is 5.32 Å². The Morgan fingerprint density at radius 2 is 2.21 bits per heavy atom. The SMILES string of the molecule is CC(C)Cc1nnc(NC(=O)C(C)n2cccn2)s1. The van der Waals surface area contributed by atoms with Crippen molar-refractivity contribution in [3.8, 4) is 0 Å². The Morgan fingerprint density at radius 1 is 1.42 bits per heavy atom. The highest BCUT2D eigenvalue weighted by Crippen LogP contribution is 2.19. The lowest BCUT2D eigenvalue weighted by Crippen LogP contribution is -2.23. The lowest BCUT2D eigenvalue weighted by molar-refractivity contribution is -0.119. The molecule has 0 aliphatic heterocycles. The summed E-state index contributed by atoms with van der Waals surface area (Å²) in [4.78, 5) is 12.0. The van der Waals surface area contributed by atoms with Crippen molar-refractivity contribution in [2.75, 3.05) is 5.32 Å². The quantitative estimate of drug-likeness (QED) is 0.910. The summed E-state index contributed by atoms with van der Waals surface area (Å²) in [6, 6.07) is 1.42. The average Bonchev–Trinajstić information content (AvgIpc) is 2.98. The molecule has 0 saturated carbocycles. The average molecular weight is 279 g/mol. The molecule has 0 fully saturated rings. The molecule has 102 valence electrons. The highest BCUT2D eigenvalue weighted by molar-refractivity contribution is 7.15. The van der Waals surface area contributed by atoms with E-state index in [1.807, 2.05) is 0 Å². The van der Waals surface area contributed by atoms with Crippen LogP contribution in [0.5, 0.6) is 0 Å². The number of carbonyl (C=O) groups is 1. The van der Waals surface area contributed by atoms with Gasteiger partial charge in [0.15, 0.2) is 0 Å². The molecule has 0 radical (unpaired) electrons. The van der Waals surface area contributed by atoms with Crippen LogP contribution in [0.1, 0.15) is 31.8 Å². The number of rotatable bonds is 5. The fourth-order valence-electron chi connectivity index (χ4n) is 1.58. The van der Waals surface area contributed by atoms with Crippen LogP contribution in [0, 0.1) is 5.92 Å². The molecule has 2 rings (SSSR count). The zero-order valence-electron chi connectivity index (χ0n) is 11.2. The number of nitrogens with zero attached hydrogens (tertiary/aromatic N) is 4. The van der Waals surface area contributed by atoms with Crippen LogP contribution in [-0.4, -0.2) is 25.9 Å². The highest BCUT2D eigenvalue weighted by atomic mass is 32.1.